The Bertz CT molecular complexity index is 1230. The first-order valence-corrected chi connectivity index (χ1v) is 13.1. The predicted molar refractivity (Wildman–Crippen MR) is 134 cm³/mol. The molecule has 1 aliphatic carbocycles. The Labute approximate surface area is 210 Å². The number of thiazole rings is 1. The highest BCUT2D eigenvalue weighted by molar-refractivity contribution is 7.99. The number of carbonyl (C=O) groups excluding carboxylic acids is 2. The van der Waals surface area contributed by atoms with Gasteiger partial charge in [-0.15, -0.1) is 11.3 Å². The molecule has 1 fully saturated rings. The van der Waals surface area contributed by atoms with E-state index in [4.69, 9.17) is 4.74 Å². The lowest BCUT2D eigenvalue weighted by Crippen LogP contribution is -2.50. The number of fused-ring (bicyclic) bond motifs is 3. The number of carbonyl (C=O) groups is 3. The molecule has 35 heavy (non-hydrogen) atoms. The Hall–Kier alpha value is -3.37. The molecule has 3 aromatic rings. The topological polar surface area (TPSA) is 109 Å². The van der Waals surface area contributed by atoms with Gasteiger partial charge in [-0.05, 0) is 22.3 Å². The first-order valence-electron chi connectivity index (χ1n) is 11.2. The van der Waals surface area contributed by atoms with Crippen LogP contribution in [0.4, 0.5) is 4.79 Å². The van der Waals surface area contributed by atoms with Crippen LogP contribution in [0.25, 0.3) is 11.1 Å². The van der Waals surface area contributed by atoms with Crippen LogP contribution in [0.15, 0.2) is 54.7 Å². The summed E-state index contributed by atoms with van der Waals surface area (Å²) in [6.07, 6.45) is 0.872. The van der Waals surface area contributed by atoms with Gasteiger partial charge in [0.2, 0.25) is 0 Å². The van der Waals surface area contributed by atoms with Crippen molar-refractivity contribution in [2.75, 3.05) is 24.7 Å². The van der Waals surface area contributed by atoms with Crippen molar-refractivity contribution in [2.45, 2.75) is 18.5 Å². The lowest BCUT2D eigenvalue weighted by Gasteiger charge is -2.32. The third kappa shape index (κ3) is 4.76. The molecule has 1 saturated heterocycles. The summed E-state index contributed by atoms with van der Waals surface area (Å²) in [6.45, 7) is 0.712. The van der Waals surface area contributed by atoms with Crippen LogP contribution in [0.2, 0.25) is 0 Å². The highest BCUT2D eigenvalue weighted by Crippen LogP contribution is 2.44. The molecular formula is C25H23N3O5S2. The zero-order valence-electron chi connectivity index (χ0n) is 18.7. The maximum absolute atomic E-state index is 12.8. The van der Waals surface area contributed by atoms with E-state index in [1.807, 2.05) is 24.3 Å². The lowest BCUT2D eigenvalue weighted by atomic mass is 9.98. The van der Waals surface area contributed by atoms with Gasteiger partial charge in [-0.3, -0.25) is 4.79 Å². The smallest absolute Gasteiger partial charge is 0.407 e. The first kappa shape index (κ1) is 23.4. The van der Waals surface area contributed by atoms with Crippen molar-refractivity contribution >= 4 is 41.1 Å². The number of aliphatic carboxylic acids is 1. The molecule has 2 aliphatic rings. The van der Waals surface area contributed by atoms with Crippen molar-refractivity contribution in [3.05, 3.63) is 75.7 Å². The Balaban J connectivity index is 1.17. The number of nitrogens with one attached hydrogen (secondary N) is 1. The van der Waals surface area contributed by atoms with Crippen molar-refractivity contribution in [1.82, 2.24) is 15.2 Å². The number of hydrogen-bond donors (Lipinski definition) is 2. The molecule has 2 amide bonds. The third-order valence-corrected chi connectivity index (χ3v) is 8.17. The minimum atomic E-state index is -1.01. The van der Waals surface area contributed by atoms with Gasteiger partial charge >= 0.3 is 12.1 Å². The second-order valence-electron chi connectivity index (χ2n) is 8.22. The molecule has 2 aromatic carbocycles. The van der Waals surface area contributed by atoms with Crippen molar-refractivity contribution in [2.24, 2.45) is 0 Å². The molecule has 1 atom stereocenters. The number of ether oxygens (including phenoxy) is 1. The van der Waals surface area contributed by atoms with Gasteiger partial charge in [0.1, 0.15) is 22.5 Å². The van der Waals surface area contributed by atoms with Crippen LogP contribution >= 0.6 is 23.1 Å². The van der Waals surface area contributed by atoms with E-state index in [2.05, 4.69) is 34.6 Å². The molecule has 8 nitrogen and oxygen atoms in total. The Morgan fingerprint density at radius 2 is 1.77 bits per heavy atom. The van der Waals surface area contributed by atoms with Crippen LogP contribution in [-0.4, -0.2) is 63.7 Å². The molecule has 0 radical (unpaired) electrons. The molecule has 1 unspecified atom stereocenters. The molecular weight excluding hydrogens is 486 g/mol. The summed E-state index contributed by atoms with van der Waals surface area (Å²) >= 11 is 2.66. The quantitative estimate of drug-likeness (QED) is 0.520. The first-order chi connectivity index (χ1) is 17.0. The minimum Gasteiger partial charge on any atom is -0.480 e. The molecule has 10 heteroatoms. The van der Waals surface area contributed by atoms with Crippen LogP contribution in [0.1, 0.15) is 31.7 Å². The summed E-state index contributed by atoms with van der Waals surface area (Å²) in [5.41, 5.74) is 4.60. The molecule has 0 saturated carbocycles. The van der Waals surface area contributed by atoms with Crippen LogP contribution in [-0.2, 0) is 16.1 Å². The van der Waals surface area contributed by atoms with Gasteiger partial charge in [0.15, 0.2) is 0 Å². The van der Waals surface area contributed by atoms with E-state index in [1.165, 1.54) is 22.9 Å². The number of amides is 2. The number of alkyl carbamates (subject to hydrolysis) is 1. The van der Waals surface area contributed by atoms with E-state index in [9.17, 15) is 19.5 Å². The van der Waals surface area contributed by atoms with E-state index in [0.29, 0.717) is 27.9 Å². The highest BCUT2D eigenvalue weighted by atomic mass is 32.2. The normalized spacial score (nSPS) is 16.9. The molecule has 2 N–H and O–H groups in total. The average Bonchev–Trinajstić information content (AvgIpc) is 3.49. The molecule has 2 heterocycles. The zero-order chi connectivity index (χ0) is 24.4. The summed E-state index contributed by atoms with van der Waals surface area (Å²) in [5, 5.41) is 12.6. The Kier molecular flexibility index (Phi) is 6.74. The van der Waals surface area contributed by atoms with Gasteiger partial charge in [0.05, 0.1) is 12.7 Å². The van der Waals surface area contributed by atoms with Gasteiger partial charge in [-0.2, -0.15) is 11.8 Å². The molecule has 0 spiro atoms. The van der Waals surface area contributed by atoms with Gasteiger partial charge in [-0.25, -0.2) is 14.6 Å². The number of hydrogen-bond acceptors (Lipinski definition) is 7. The van der Waals surface area contributed by atoms with E-state index in [0.717, 1.165) is 33.6 Å². The van der Waals surface area contributed by atoms with Crippen LogP contribution in [0.3, 0.4) is 0 Å². The largest absolute Gasteiger partial charge is 0.480 e. The number of nitrogens with zero attached hydrogens (tertiary/aromatic N) is 2. The fourth-order valence-corrected chi connectivity index (χ4v) is 6.33. The van der Waals surface area contributed by atoms with Crippen LogP contribution < -0.4 is 5.32 Å². The summed E-state index contributed by atoms with van der Waals surface area (Å²) < 4.78 is 5.54. The zero-order valence-corrected chi connectivity index (χ0v) is 20.3. The second-order valence-corrected chi connectivity index (χ2v) is 10.5. The van der Waals surface area contributed by atoms with E-state index in [1.54, 1.807) is 0 Å². The molecule has 5 rings (SSSR count). The van der Waals surface area contributed by atoms with Crippen LogP contribution in [0.5, 0.6) is 0 Å². The molecule has 1 aromatic heterocycles. The number of rotatable bonds is 6. The highest BCUT2D eigenvalue weighted by Gasteiger charge is 2.34. The number of carboxylic acid groups (broad SMARTS) is 1. The van der Waals surface area contributed by atoms with Gasteiger partial charge in [0.25, 0.3) is 5.91 Å². The summed E-state index contributed by atoms with van der Waals surface area (Å²) in [6, 6.07) is 15.4. The number of aromatic nitrogens is 1. The Morgan fingerprint density at radius 1 is 1.09 bits per heavy atom. The van der Waals surface area contributed by atoms with Crippen molar-refractivity contribution in [1.29, 1.82) is 0 Å². The minimum absolute atomic E-state index is 0.0258. The molecule has 0 bridgehead atoms. The molecule has 180 valence electrons. The lowest BCUT2D eigenvalue weighted by molar-refractivity contribution is -0.141. The number of carboxylic acids is 1. The number of benzene rings is 2. The number of thioether (sulfide) groups is 1. The van der Waals surface area contributed by atoms with Crippen molar-refractivity contribution < 1.29 is 24.2 Å². The maximum Gasteiger partial charge on any atom is 0.407 e. The second kappa shape index (κ2) is 10.1. The SMILES string of the molecule is O=C(NCc1ncc(C(=O)N2CCSCC2C(=O)O)s1)OCC1c2ccccc2-c2ccccc21. The van der Waals surface area contributed by atoms with Gasteiger partial charge in [-0.1, -0.05) is 48.5 Å². The fourth-order valence-electron chi connectivity index (χ4n) is 4.48. The average molecular weight is 510 g/mol. The van der Waals surface area contributed by atoms with Gasteiger partial charge in [0, 0.05) is 24.0 Å². The van der Waals surface area contributed by atoms with E-state index < -0.39 is 18.1 Å². The molecule has 1 aliphatic heterocycles. The summed E-state index contributed by atoms with van der Waals surface area (Å²) in [4.78, 5) is 42.7. The van der Waals surface area contributed by atoms with Crippen molar-refractivity contribution in [3.63, 3.8) is 0 Å². The van der Waals surface area contributed by atoms with E-state index in [-0.39, 0.29) is 25.0 Å². The van der Waals surface area contributed by atoms with Crippen LogP contribution in [0, 0.1) is 0 Å². The maximum atomic E-state index is 12.8. The predicted octanol–water partition coefficient (Wildman–Crippen LogP) is 3.82. The monoisotopic (exact) mass is 509 g/mol. The fraction of sp³-hybridized carbons (Fsp3) is 0.280. The third-order valence-electron chi connectivity index (χ3n) is 6.17. The summed E-state index contributed by atoms with van der Waals surface area (Å²) in [7, 11) is 0. The Morgan fingerprint density at radius 3 is 2.46 bits per heavy atom. The van der Waals surface area contributed by atoms with Gasteiger partial charge < -0.3 is 20.1 Å². The summed E-state index contributed by atoms with van der Waals surface area (Å²) in [5.74, 6) is -0.308. The van der Waals surface area contributed by atoms with Crippen molar-refractivity contribution in [3.8, 4) is 11.1 Å². The van der Waals surface area contributed by atoms with E-state index >= 15 is 0 Å². The standard InChI is InChI=1S/C25H23N3O5S2/c29-23(28-9-10-34-14-20(28)24(30)31)21-11-26-22(35-21)12-27-25(32)33-13-19-17-7-3-1-5-15(17)16-6-2-4-8-18(16)19/h1-8,11,19-20H,9-10,12-14H2,(H,27,32)(H,30,31).